The number of ether oxygens (including phenoxy) is 1. The third-order valence-electron chi connectivity index (χ3n) is 4.83. The number of aryl methyl sites for hydroxylation is 1. The van der Waals surface area contributed by atoms with Crippen molar-refractivity contribution >= 4 is 28.3 Å². The predicted octanol–water partition coefficient (Wildman–Crippen LogP) is 3.17. The van der Waals surface area contributed by atoms with Crippen molar-refractivity contribution in [1.29, 1.82) is 0 Å². The summed E-state index contributed by atoms with van der Waals surface area (Å²) < 4.78 is 6.55. The number of nitrogens with zero attached hydrogens (tertiary/aromatic N) is 4. The van der Waals surface area contributed by atoms with Crippen LogP contribution in [0.1, 0.15) is 30.0 Å². The number of benzene rings is 1. The van der Waals surface area contributed by atoms with Crippen molar-refractivity contribution in [3.05, 3.63) is 51.8 Å². The molecule has 3 aromatic rings. The molecule has 1 amide bonds. The second kappa shape index (κ2) is 6.91. The average molecular weight is 381 g/mol. The Labute approximate surface area is 160 Å². The van der Waals surface area contributed by atoms with E-state index in [0.717, 1.165) is 23.9 Å². The van der Waals surface area contributed by atoms with Gasteiger partial charge in [0.15, 0.2) is 5.65 Å². The van der Waals surface area contributed by atoms with Gasteiger partial charge in [-0.15, -0.1) is 0 Å². The molecule has 1 fully saturated rings. The highest BCUT2D eigenvalue weighted by Gasteiger charge is 2.28. The summed E-state index contributed by atoms with van der Waals surface area (Å²) in [5.41, 5.74) is 2.58. The Morgan fingerprint density at radius 2 is 2.18 bits per heavy atom. The zero-order valence-electron chi connectivity index (χ0n) is 15.5. The van der Waals surface area contributed by atoms with Crippen molar-refractivity contribution in [2.24, 2.45) is 0 Å². The monoisotopic (exact) mass is 381 g/mol. The Hall–Kier alpha value is -3.49. The van der Waals surface area contributed by atoms with Gasteiger partial charge in [-0.1, -0.05) is 0 Å². The van der Waals surface area contributed by atoms with Gasteiger partial charge >= 0.3 is 0 Å². The molecule has 0 radical (unpaired) electrons. The number of nitro benzene ring substituents is 1. The van der Waals surface area contributed by atoms with Crippen LogP contribution >= 0.6 is 0 Å². The molecule has 0 unspecified atom stereocenters. The number of nitro groups is 1. The van der Waals surface area contributed by atoms with Gasteiger partial charge in [-0.2, -0.15) is 5.10 Å². The normalized spacial score (nSPS) is 13.5. The van der Waals surface area contributed by atoms with Gasteiger partial charge in [0.1, 0.15) is 18.0 Å². The first-order valence-electron chi connectivity index (χ1n) is 8.92. The number of pyridine rings is 1. The summed E-state index contributed by atoms with van der Waals surface area (Å²) in [6.07, 6.45) is 4.05. The molecule has 0 atom stereocenters. The molecule has 2 heterocycles. The predicted molar refractivity (Wildman–Crippen MR) is 103 cm³/mol. The number of hydrogen-bond donors (Lipinski definition) is 1. The van der Waals surface area contributed by atoms with Gasteiger partial charge in [0.25, 0.3) is 5.69 Å². The van der Waals surface area contributed by atoms with Gasteiger partial charge in [-0.3, -0.25) is 14.9 Å². The van der Waals surface area contributed by atoms with Gasteiger partial charge in [-0.05, 0) is 49.4 Å². The van der Waals surface area contributed by atoms with E-state index in [9.17, 15) is 14.9 Å². The Bertz CT molecular complexity index is 1090. The number of hydrogen-bond acceptors (Lipinski definition) is 6. The number of nitrogens with one attached hydrogen (secondary N) is 1. The summed E-state index contributed by atoms with van der Waals surface area (Å²) in [6.45, 7) is 1.81. The summed E-state index contributed by atoms with van der Waals surface area (Å²) in [5, 5.41) is 19.3. The van der Waals surface area contributed by atoms with Crippen LogP contribution in [0, 0.1) is 17.0 Å². The highest BCUT2D eigenvalue weighted by Crippen LogP contribution is 2.43. The molecular formula is C19H19N5O4. The molecule has 1 aromatic carbocycles. The van der Waals surface area contributed by atoms with Gasteiger partial charge in [0.2, 0.25) is 5.91 Å². The minimum Gasteiger partial charge on any atom is -0.496 e. The molecule has 144 valence electrons. The molecule has 9 nitrogen and oxygen atoms in total. The van der Waals surface area contributed by atoms with Gasteiger partial charge in [0, 0.05) is 11.6 Å². The summed E-state index contributed by atoms with van der Waals surface area (Å²) >= 11 is 0. The van der Waals surface area contributed by atoms with Crippen molar-refractivity contribution in [3.8, 4) is 5.75 Å². The van der Waals surface area contributed by atoms with Crippen LogP contribution in [-0.2, 0) is 11.3 Å². The van der Waals surface area contributed by atoms with Gasteiger partial charge in [-0.25, -0.2) is 9.67 Å². The highest BCUT2D eigenvalue weighted by molar-refractivity contribution is 5.94. The number of rotatable bonds is 6. The molecule has 1 aliphatic rings. The lowest BCUT2D eigenvalue weighted by Gasteiger charge is -2.08. The molecule has 28 heavy (non-hydrogen) atoms. The summed E-state index contributed by atoms with van der Waals surface area (Å²) in [4.78, 5) is 27.7. The van der Waals surface area contributed by atoms with Crippen LogP contribution in [0.4, 0.5) is 11.4 Å². The molecule has 0 spiro atoms. The molecule has 0 bridgehead atoms. The quantitative estimate of drug-likeness (QED) is 0.518. The number of carbonyl (C=O) groups excluding carboxylic acids is 1. The largest absolute Gasteiger partial charge is 0.496 e. The van der Waals surface area contributed by atoms with Gasteiger partial charge in [0.05, 0.1) is 23.8 Å². The van der Waals surface area contributed by atoms with Crippen LogP contribution in [0.15, 0.2) is 30.5 Å². The van der Waals surface area contributed by atoms with Crippen molar-refractivity contribution in [3.63, 3.8) is 0 Å². The van der Waals surface area contributed by atoms with Crippen LogP contribution in [0.2, 0.25) is 0 Å². The van der Waals surface area contributed by atoms with Crippen LogP contribution < -0.4 is 10.1 Å². The minimum absolute atomic E-state index is 0.0886. The lowest BCUT2D eigenvalue weighted by atomic mass is 10.1. The maximum atomic E-state index is 12.5. The highest BCUT2D eigenvalue weighted by atomic mass is 16.6. The van der Waals surface area contributed by atoms with Crippen molar-refractivity contribution < 1.29 is 14.5 Å². The number of methoxy groups -OCH3 is 1. The van der Waals surface area contributed by atoms with E-state index in [1.54, 1.807) is 16.9 Å². The molecule has 2 aromatic heterocycles. The zero-order valence-corrected chi connectivity index (χ0v) is 15.5. The molecule has 9 heteroatoms. The van der Waals surface area contributed by atoms with Crippen molar-refractivity contribution in [1.82, 2.24) is 14.8 Å². The minimum atomic E-state index is -0.560. The van der Waals surface area contributed by atoms with E-state index in [2.05, 4.69) is 15.4 Å². The number of carbonyl (C=O) groups is 1. The van der Waals surface area contributed by atoms with Crippen molar-refractivity contribution in [2.45, 2.75) is 32.2 Å². The Balaban J connectivity index is 1.60. The number of amides is 1. The molecular weight excluding hydrogens is 362 g/mol. The average Bonchev–Trinajstić information content (AvgIpc) is 3.47. The molecule has 0 saturated heterocycles. The lowest BCUT2D eigenvalue weighted by Crippen LogP contribution is -2.20. The Morgan fingerprint density at radius 1 is 1.39 bits per heavy atom. The number of aromatic nitrogens is 3. The SMILES string of the molecule is COc1ccc(NC(=O)Cn2nc(C)c3c(C4CC4)ccnc32)c([N+](=O)[O-])c1. The number of anilines is 1. The summed E-state index contributed by atoms with van der Waals surface area (Å²) in [5.74, 6) is 0.462. The molecule has 1 aliphatic carbocycles. The van der Waals surface area contributed by atoms with E-state index in [0.29, 0.717) is 17.3 Å². The fraction of sp³-hybridized carbons (Fsp3) is 0.316. The molecule has 4 rings (SSSR count). The smallest absolute Gasteiger partial charge is 0.296 e. The van der Waals surface area contributed by atoms with E-state index in [1.807, 2.05) is 13.0 Å². The molecule has 0 aliphatic heterocycles. The maximum absolute atomic E-state index is 12.5. The van der Waals surface area contributed by atoms with Crippen LogP contribution in [-0.4, -0.2) is 32.7 Å². The number of fused-ring (bicyclic) bond motifs is 1. The maximum Gasteiger partial charge on any atom is 0.296 e. The summed E-state index contributed by atoms with van der Waals surface area (Å²) in [6, 6.07) is 6.29. The van der Waals surface area contributed by atoms with E-state index in [-0.39, 0.29) is 17.9 Å². The van der Waals surface area contributed by atoms with E-state index < -0.39 is 10.8 Å². The zero-order chi connectivity index (χ0) is 19.8. The second-order valence-corrected chi connectivity index (χ2v) is 6.80. The van der Waals surface area contributed by atoms with E-state index in [1.165, 1.54) is 24.8 Å². The Morgan fingerprint density at radius 3 is 2.86 bits per heavy atom. The fourth-order valence-electron chi connectivity index (χ4n) is 3.38. The van der Waals surface area contributed by atoms with Crippen molar-refractivity contribution in [2.75, 3.05) is 12.4 Å². The second-order valence-electron chi connectivity index (χ2n) is 6.80. The van der Waals surface area contributed by atoms with E-state index in [4.69, 9.17) is 4.74 Å². The Kier molecular flexibility index (Phi) is 4.42. The standard InChI is InChI=1S/C19H19N5O4/c1-11-18-14(12-3-4-12)7-8-20-19(18)23(22-11)10-17(25)21-15-6-5-13(28-2)9-16(15)24(26)27/h5-9,12H,3-4,10H2,1-2H3,(H,21,25). The fourth-order valence-corrected chi connectivity index (χ4v) is 3.38. The van der Waals surface area contributed by atoms with Crippen LogP contribution in [0.5, 0.6) is 5.75 Å². The third kappa shape index (κ3) is 3.26. The van der Waals surface area contributed by atoms with Crippen LogP contribution in [0.25, 0.3) is 11.0 Å². The van der Waals surface area contributed by atoms with Gasteiger partial charge < -0.3 is 10.1 Å². The molecule has 1 saturated carbocycles. The first kappa shape index (κ1) is 17.9. The van der Waals surface area contributed by atoms with Crippen LogP contribution in [0.3, 0.4) is 0 Å². The first-order chi connectivity index (χ1) is 13.5. The lowest BCUT2D eigenvalue weighted by molar-refractivity contribution is -0.384. The topological polar surface area (TPSA) is 112 Å². The first-order valence-corrected chi connectivity index (χ1v) is 8.92. The molecule has 1 N–H and O–H groups in total. The van der Waals surface area contributed by atoms with E-state index >= 15 is 0 Å². The third-order valence-corrected chi connectivity index (χ3v) is 4.83. The summed E-state index contributed by atoms with van der Waals surface area (Å²) in [7, 11) is 1.42.